The van der Waals surface area contributed by atoms with Crippen LogP contribution in [0.5, 0.6) is 0 Å². The summed E-state index contributed by atoms with van der Waals surface area (Å²) >= 11 is 6.01. The molecule has 0 aliphatic carbocycles. The number of benzene rings is 1. The Balaban J connectivity index is 2.14. The monoisotopic (exact) mass is 234 g/mol. The smallest absolute Gasteiger partial charge is 0.102 e. The fraction of sp³-hybridized carbons (Fsp3) is 0.167. The normalized spacial score (nSPS) is 12.4. The van der Waals surface area contributed by atoms with E-state index in [0.717, 1.165) is 5.56 Å². The lowest BCUT2D eigenvalue weighted by molar-refractivity contribution is 0.173. The molecule has 0 aliphatic rings. The Morgan fingerprint density at radius 1 is 1.25 bits per heavy atom. The summed E-state index contributed by atoms with van der Waals surface area (Å²) in [6.45, 7) is 0. The van der Waals surface area contributed by atoms with Crippen molar-refractivity contribution in [2.24, 2.45) is 0 Å². The number of aliphatic hydroxyl groups is 1. The number of hydrogen-bond donors (Lipinski definition) is 1. The molecule has 3 nitrogen and oxygen atoms in total. The molecule has 0 aliphatic heterocycles. The van der Waals surface area contributed by atoms with Crippen LogP contribution in [0, 0.1) is 0 Å². The highest BCUT2D eigenvalue weighted by molar-refractivity contribution is 6.31. The van der Waals surface area contributed by atoms with Gasteiger partial charge in [-0.2, -0.15) is 0 Å². The molecule has 1 N–H and O–H groups in total. The maximum Gasteiger partial charge on any atom is 0.102 e. The van der Waals surface area contributed by atoms with E-state index in [9.17, 15) is 5.11 Å². The SMILES string of the molecule is OC(Cc1ccccc1Cl)c1cnccn1. The zero-order valence-electron chi connectivity index (χ0n) is 8.55. The molecular formula is C12H11ClN2O. The van der Waals surface area contributed by atoms with Gasteiger partial charge in [0, 0.05) is 23.8 Å². The zero-order chi connectivity index (χ0) is 11.4. The standard InChI is InChI=1S/C12H11ClN2O/c13-10-4-2-1-3-9(10)7-12(16)11-8-14-5-6-15-11/h1-6,8,12,16H,7H2. The van der Waals surface area contributed by atoms with Crippen molar-refractivity contribution < 1.29 is 5.11 Å². The van der Waals surface area contributed by atoms with Crippen molar-refractivity contribution in [1.82, 2.24) is 9.97 Å². The van der Waals surface area contributed by atoms with Crippen LogP contribution in [0.15, 0.2) is 42.9 Å². The van der Waals surface area contributed by atoms with Crippen molar-refractivity contribution in [3.8, 4) is 0 Å². The van der Waals surface area contributed by atoms with Crippen LogP contribution >= 0.6 is 11.6 Å². The summed E-state index contributed by atoms with van der Waals surface area (Å²) in [6.07, 6.45) is 4.46. The fourth-order valence-electron chi connectivity index (χ4n) is 1.46. The number of rotatable bonds is 3. The number of nitrogens with zero attached hydrogens (tertiary/aromatic N) is 2. The van der Waals surface area contributed by atoms with Crippen molar-refractivity contribution in [3.05, 3.63) is 59.1 Å². The molecule has 1 heterocycles. The molecule has 0 radical (unpaired) electrons. The van der Waals surface area contributed by atoms with Gasteiger partial charge in [-0.3, -0.25) is 9.97 Å². The minimum Gasteiger partial charge on any atom is -0.386 e. The highest BCUT2D eigenvalue weighted by Gasteiger charge is 2.11. The van der Waals surface area contributed by atoms with Gasteiger partial charge >= 0.3 is 0 Å². The zero-order valence-corrected chi connectivity index (χ0v) is 9.30. The lowest BCUT2D eigenvalue weighted by Crippen LogP contribution is -2.04. The van der Waals surface area contributed by atoms with E-state index in [-0.39, 0.29) is 0 Å². The molecule has 0 bridgehead atoms. The number of aliphatic hydroxyl groups excluding tert-OH is 1. The molecule has 16 heavy (non-hydrogen) atoms. The Bertz CT molecular complexity index is 462. The van der Waals surface area contributed by atoms with E-state index in [1.54, 1.807) is 24.7 Å². The van der Waals surface area contributed by atoms with Gasteiger partial charge in [0.05, 0.1) is 11.9 Å². The van der Waals surface area contributed by atoms with Crippen LogP contribution in [-0.2, 0) is 6.42 Å². The van der Waals surface area contributed by atoms with E-state index in [2.05, 4.69) is 9.97 Å². The second-order valence-corrected chi connectivity index (χ2v) is 3.85. The predicted molar refractivity (Wildman–Crippen MR) is 62.1 cm³/mol. The summed E-state index contributed by atoms with van der Waals surface area (Å²) < 4.78 is 0. The van der Waals surface area contributed by atoms with Gasteiger partial charge in [0.1, 0.15) is 6.10 Å². The first-order valence-electron chi connectivity index (χ1n) is 4.95. The van der Waals surface area contributed by atoms with Gasteiger partial charge in [-0.25, -0.2) is 0 Å². The number of hydrogen-bond acceptors (Lipinski definition) is 3. The van der Waals surface area contributed by atoms with Crippen LogP contribution in [-0.4, -0.2) is 15.1 Å². The molecular weight excluding hydrogens is 224 g/mol. The molecule has 1 aromatic heterocycles. The van der Waals surface area contributed by atoms with Gasteiger partial charge in [0.25, 0.3) is 0 Å². The van der Waals surface area contributed by atoms with Crippen molar-refractivity contribution in [2.45, 2.75) is 12.5 Å². The third-order valence-corrected chi connectivity index (χ3v) is 2.66. The average Bonchev–Trinajstić information content (AvgIpc) is 2.33. The van der Waals surface area contributed by atoms with Crippen molar-refractivity contribution >= 4 is 11.6 Å². The van der Waals surface area contributed by atoms with Gasteiger partial charge in [-0.05, 0) is 11.6 Å². The Hall–Kier alpha value is -1.45. The van der Waals surface area contributed by atoms with Gasteiger partial charge in [-0.1, -0.05) is 29.8 Å². The van der Waals surface area contributed by atoms with Crippen LogP contribution in [0.1, 0.15) is 17.4 Å². The van der Waals surface area contributed by atoms with Crippen molar-refractivity contribution in [2.75, 3.05) is 0 Å². The molecule has 4 heteroatoms. The maximum absolute atomic E-state index is 9.94. The molecule has 1 unspecified atom stereocenters. The molecule has 1 aromatic carbocycles. The second kappa shape index (κ2) is 5.05. The largest absolute Gasteiger partial charge is 0.386 e. The third kappa shape index (κ3) is 2.56. The second-order valence-electron chi connectivity index (χ2n) is 3.44. The van der Waals surface area contributed by atoms with Crippen LogP contribution in [0.3, 0.4) is 0 Å². The van der Waals surface area contributed by atoms with Gasteiger partial charge in [-0.15, -0.1) is 0 Å². The van der Waals surface area contributed by atoms with Gasteiger partial charge in [0.15, 0.2) is 0 Å². The molecule has 2 aromatic rings. The Kier molecular flexibility index (Phi) is 3.49. The molecule has 0 amide bonds. The number of aromatic nitrogens is 2. The summed E-state index contributed by atoms with van der Waals surface area (Å²) in [7, 11) is 0. The first-order valence-corrected chi connectivity index (χ1v) is 5.32. The van der Waals surface area contributed by atoms with Crippen LogP contribution in [0.25, 0.3) is 0 Å². The van der Waals surface area contributed by atoms with Crippen molar-refractivity contribution in [3.63, 3.8) is 0 Å². The third-order valence-electron chi connectivity index (χ3n) is 2.30. The Labute approximate surface area is 98.8 Å². The quantitative estimate of drug-likeness (QED) is 0.887. The highest BCUT2D eigenvalue weighted by atomic mass is 35.5. The molecule has 0 saturated carbocycles. The molecule has 0 fully saturated rings. The van der Waals surface area contributed by atoms with E-state index in [0.29, 0.717) is 17.1 Å². The van der Waals surface area contributed by atoms with Crippen LogP contribution < -0.4 is 0 Å². The Morgan fingerprint density at radius 3 is 2.75 bits per heavy atom. The minimum absolute atomic E-state index is 0.443. The van der Waals surface area contributed by atoms with E-state index in [1.165, 1.54) is 0 Å². The highest BCUT2D eigenvalue weighted by Crippen LogP contribution is 2.21. The van der Waals surface area contributed by atoms with E-state index < -0.39 is 6.10 Å². The van der Waals surface area contributed by atoms with Crippen LogP contribution in [0.2, 0.25) is 5.02 Å². The molecule has 0 spiro atoms. The molecule has 1 atom stereocenters. The van der Waals surface area contributed by atoms with Gasteiger partial charge in [0.2, 0.25) is 0 Å². The summed E-state index contributed by atoms with van der Waals surface area (Å²) in [4.78, 5) is 7.96. The first-order chi connectivity index (χ1) is 7.77. The van der Waals surface area contributed by atoms with E-state index in [1.807, 2.05) is 18.2 Å². The lowest BCUT2D eigenvalue weighted by Gasteiger charge is -2.10. The summed E-state index contributed by atoms with van der Waals surface area (Å²) in [5, 5.41) is 10.6. The van der Waals surface area contributed by atoms with E-state index >= 15 is 0 Å². The average molecular weight is 235 g/mol. The Morgan fingerprint density at radius 2 is 2.06 bits per heavy atom. The number of halogens is 1. The summed E-state index contributed by atoms with van der Waals surface area (Å²) in [5.74, 6) is 0. The minimum atomic E-state index is -0.673. The topological polar surface area (TPSA) is 46.0 Å². The predicted octanol–water partition coefficient (Wildman–Crippen LogP) is 2.41. The maximum atomic E-state index is 9.94. The molecule has 0 saturated heterocycles. The van der Waals surface area contributed by atoms with Gasteiger partial charge < -0.3 is 5.11 Å². The van der Waals surface area contributed by atoms with Crippen molar-refractivity contribution in [1.29, 1.82) is 0 Å². The fourth-order valence-corrected chi connectivity index (χ4v) is 1.67. The lowest BCUT2D eigenvalue weighted by atomic mass is 10.1. The van der Waals surface area contributed by atoms with Crippen LogP contribution in [0.4, 0.5) is 0 Å². The summed E-state index contributed by atoms with van der Waals surface area (Å²) in [5.41, 5.74) is 1.46. The molecule has 82 valence electrons. The summed E-state index contributed by atoms with van der Waals surface area (Å²) in [6, 6.07) is 7.45. The van der Waals surface area contributed by atoms with E-state index in [4.69, 9.17) is 11.6 Å². The molecule has 2 rings (SSSR count). The first kappa shape index (κ1) is 11.0.